The van der Waals surface area contributed by atoms with Crippen LogP contribution in [0.2, 0.25) is 0 Å². The molecule has 0 saturated heterocycles. The maximum absolute atomic E-state index is 12.9. The van der Waals surface area contributed by atoms with Gasteiger partial charge in [0.1, 0.15) is 17.1 Å². The van der Waals surface area contributed by atoms with Gasteiger partial charge in [-0.1, -0.05) is 24.2 Å². The van der Waals surface area contributed by atoms with Gasteiger partial charge in [-0.2, -0.15) is 0 Å². The highest BCUT2D eigenvalue weighted by Crippen LogP contribution is 2.17. The van der Waals surface area contributed by atoms with Crippen LogP contribution in [0.3, 0.4) is 0 Å². The molecule has 1 aromatic heterocycles. The molecule has 0 saturated carbocycles. The minimum Gasteiger partial charge on any atom is -0.361 e. The largest absolute Gasteiger partial charge is 0.361 e. The van der Waals surface area contributed by atoms with Gasteiger partial charge in [0.15, 0.2) is 0 Å². The van der Waals surface area contributed by atoms with Crippen molar-refractivity contribution >= 4 is 5.91 Å². The van der Waals surface area contributed by atoms with Crippen LogP contribution in [0.1, 0.15) is 34.3 Å². The molecule has 0 aliphatic rings. The first-order valence-electron chi connectivity index (χ1n) is 6.48. The molecule has 1 heterocycles. The van der Waals surface area contributed by atoms with Crippen LogP contribution in [-0.2, 0) is 13.0 Å². The van der Waals surface area contributed by atoms with Gasteiger partial charge in [0.05, 0.1) is 5.69 Å². The van der Waals surface area contributed by atoms with Crippen molar-refractivity contribution in [3.8, 4) is 0 Å². The number of benzene rings is 1. The van der Waals surface area contributed by atoms with Gasteiger partial charge < -0.3 is 9.42 Å². The molecule has 0 N–H and O–H groups in total. The van der Waals surface area contributed by atoms with E-state index in [1.807, 2.05) is 6.92 Å². The van der Waals surface area contributed by atoms with Crippen molar-refractivity contribution in [1.29, 1.82) is 0 Å². The molecule has 0 aliphatic carbocycles. The lowest BCUT2D eigenvalue weighted by molar-refractivity contribution is 0.0782. The summed E-state index contributed by atoms with van der Waals surface area (Å²) in [5, 5.41) is 3.88. The summed E-state index contributed by atoms with van der Waals surface area (Å²) >= 11 is 0. The summed E-state index contributed by atoms with van der Waals surface area (Å²) in [7, 11) is 1.71. The fourth-order valence-electron chi connectivity index (χ4n) is 2.06. The van der Waals surface area contributed by atoms with Gasteiger partial charge >= 0.3 is 0 Å². The first-order valence-corrected chi connectivity index (χ1v) is 6.48. The van der Waals surface area contributed by atoms with Gasteiger partial charge in [-0.25, -0.2) is 4.39 Å². The van der Waals surface area contributed by atoms with E-state index >= 15 is 0 Å². The summed E-state index contributed by atoms with van der Waals surface area (Å²) in [5.41, 5.74) is 2.06. The Morgan fingerprint density at radius 2 is 2.00 bits per heavy atom. The predicted molar refractivity (Wildman–Crippen MR) is 72.8 cm³/mol. The van der Waals surface area contributed by atoms with E-state index in [4.69, 9.17) is 4.52 Å². The minimum atomic E-state index is -0.286. The molecule has 0 unspecified atom stereocenters. The van der Waals surface area contributed by atoms with Crippen molar-refractivity contribution in [3.63, 3.8) is 0 Å². The normalized spacial score (nSPS) is 10.6. The summed E-state index contributed by atoms with van der Waals surface area (Å²) < 4.78 is 17.9. The Labute approximate surface area is 117 Å². The van der Waals surface area contributed by atoms with Crippen molar-refractivity contribution in [2.75, 3.05) is 7.05 Å². The smallest absolute Gasteiger partial charge is 0.259 e. The van der Waals surface area contributed by atoms with Crippen LogP contribution in [0.25, 0.3) is 0 Å². The third kappa shape index (κ3) is 2.87. The van der Waals surface area contributed by atoms with Gasteiger partial charge in [-0.05, 0) is 31.0 Å². The number of halogens is 1. The van der Waals surface area contributed by atoms with Crippen molar-refractivity contribution in [3.05, 3.63) is 52.7 Å². The SMILES string of the molecule is CCc1noc(C)c1C(=O)N(C)Cc1ccc(F)cc1. The minimum absolute atomic E-state index is 0.134. The van der Waals surface area contributed by atoms with E-state index in [-0.39, 0.29) is 11.7 Å². The summed E-state index contributed by atoms with van der Waals surface area (Å²) in [6.45, 7) is 4.06. The average molecular weight is 276 g/mol. The molecule has 0 radical (unpaired) electrons. The van der Waals surface area contributed by atoms with Gasteiger partial charge in [-0.3, -0.25) is 4.79 Å². The Morgan fingerprint density at radius 1 is 1.35 bits per heavy atom. The number of hydrogen-bond donors (Lipinski definition) is 0. The molecule has 0 aliphatic heterocycles. The highest BCUT2D eigenvalue weighted by Gasteiger charge is 2.22. The lowest BCUT2D eigenvalue weighted by Gasteiger charge is -2.17. The first-order chi connectivity index (χ1) is 9.52. The molecule has 106 valence electrons. The lowest BCUT2D eigenvalue weighted by atomic mass is 10.1. The highest BCUT2D eigenvalue weighted by molar-refractivity contribution is 5.96. The molecule has 0 fully saturated rings. The van der Waals surface area contributed by atoms with Gasteiger partial charge in [-0.15, -0.1) is 0 Å². The second kappa shape index (κ2) is 5.86. The highest BCUT2D eigenvalue weighted by atomic mass is 19.1. The summed E-state index contributed by atoms with van der Waals surface area (Å²) in [5.74, 6) is 0.105. The standard InChI is InChI=1S/C15H17FN2O2/c1-4-13-14(10(2)20-17-13)15(19)18(3)9-11-5-7-12(16)8-6-11/h5-8H,4,9H2,1-3H3. The molecular weight excluding hydrogens is 259 g/mol. The third-order valence-electron chi connectivity index (χ3n) is 3.16. The predicted octanol–water partition coefficient (Wildman–Crippen LogP) is 2.96. The van der Waals surface area contributed by atoms with E-state index in [0.717, 1.165) is 5.56 Å². The third-order valence-corrected chi connectivity index (χ3v) is 3.16. The topological polar surface area (TPSA) is 46.3 Å². The van der Waals surface area contributed by atoms with E-state index in [2.05, 4.69) is 5.16 Å². The Hall–Kier alpha value is -2.17. The fourth-order valence-corrected chi connectivity index (χ4v) is 2.06. The maximum Gasteiger partial charge on any atom is 0.259 e. The second-order valence-electron chi connectivity index (χ2n) is 4.70. The number of rotatable bonds is 4. The fraction of sp³-hybridized carbons (Fsp3) is 0.333. The quantitative estimate of drug-likeness (QED) is 0.862. The number of aromatic nitrogens is 1. The van der Waals surface area contributed by atoms with E-state index in [1.165, 1.54) is 12.1 Å². The molecule has 0 spiro atoms. The number of amides is 1. The molecule has 1 aromatic carbocycles. The van der Waals surface area contributed by atoms with Crippen molar-refractivity contribution < 1.29 is 13.7 Å². The maximum atomic E-state index is 12.9. The van der Waals surface area contributed by atoms with Gasteiger partial charge in [0.2, 0.25) is 0 Å². The Balaban J connectivity index is 2.16. The van der Waals surface area contributed by atoms with E-state index < -0.39 is 0 Å². The molecule has 2 rings (SSSR count). The molecule has 2 aromatic rings. The van der Waals surface area contributed by atoms with Crippen LogP contribution in [0.5, 0.6) is 0 Å². The Bertz CT molecular complexity index is 605. The number of carbonyl (C=O) groups is 1. The zero-order valence-electron chi connectivity index (χ0n) is 11.8. The molecule has 0 bridgehead atoms. The molecule has 5 heteroatoms. The van der Waals surface area contributed by atoms with E-state index in [1.54, 1.807) is 31.0 Å². The van der Waals surface area contributed by atoms with Crippen LogP contribution in [0.15, 0.2) is 28.8 Å². The van der Waals surface area contributed by atoms with Crippen molar-refractivity contribution in [2.45, 2.75) is 26.8 Å². The van der Waals surface area contributed by atoms with Gasteiger partial charge in [0, 0.05) is 13.6 Å². The Kier molecular flexibility index (Phi) is 4.17. The van der Waals surface area contributed by atoms with Crippen LogP contribution < -0.4 is 0 Å². The number of aryl methyl sites for hydroxylation is 2. The Morgan fingerprint density at radius 3 is 2.60 bits per heavy atom. The number of carbonyl (C=O) groups excluding carboxylic acids is 1. The molecule has 20 heavy (non-hydrogen) atoms. The van der Waals surface area contributed by atoms with Crippen LogP contribution in [0.4, 0.5) is 4.39 Å². The second-order valence-corrected chi connectivity index (χ2v) is 4.70. The van der Waals surface area contributed by atoms with Crippen LogP contribution in [0, 0.1) is 12.7 Å². The lowest BCUT2D eigenvalue weighted by Crippen LogP contribution is -2.27. The first kappa shape index (κ1) is 14.2. The number of hydrogen-bond acceptors (Lipinski definition) is 3. The van der Waals surface area contributed by atoms with Crippen LogP contribution in [-0.4, -0.2) is 23.0 Å². The van der Waals surface area contributed by atoms with Crippen molar-refractivity contribution in [1.82, 2.24) is 10.1 Å². The summed E-state index contributed by atoms with van der Waals surface area (Å²) in [4.78, 5) is 14.0. The molecular formula is C15H17FN2O2. The van der Waals surface area contributed by atoms with E-state index in [0.29, 0.717) is 30.0 Å². The molecule has 4 nitrogen and oxygen atoms in total. The summed E-state index contributed by atoms with van der Waals surface area (Å²) in [6.07, 6.45) is 0.642. The zero-order chi connectivity index (χ0) is 14.7. The van der Waals surface area contributed by atoms with Crippen LogP contribution >= 0.6 is 0 Å². The average Bonchev–Trinajstić information content (AvgIpc) is 2.81. The van der Waals surface area contributed by atoms with Crippen molar-refractivity contribution in [2.24, 2.45) is 0 Å². The van der Waals surface area contributed by atoms with Gasteiger partial charge in [0.25, 0.3) is 5.91 Å². The summed E-state index contributed by atoms with van der Waals surface area (Å²) in [6, 6.07) is 6.10. The monoisotopic (exact) mass is 276 g/mol. The number of nitrogens with zero attached hydrogens (tertiary/aromatic N) is 2. The molecule has 0 atom stereocenters. The van der Waals surface area contributed by atoms with E-state index in [9.17, 15) is 9.18 Å². The molecule has 1 amide bonds. The zero-order valence-corrected chi connectivity index (χ0v) is 11.8.